The molecule has 5 aromatic rings. The van der Waals surface area contributed by atoms with Gasteiger partial charge < -0.3 is 14.6 Å². The van der Waals surface area contributed by atoms with Crippen molar-refractivity contribution in [3.05, 3.63) is 115 Å². The zero-order chi connectivity index (χ0) is 26.3. The standard InChI is InChI=1S/C32H28N2O4.CH4/c1-2-37-30(36)22-38-26-17-11-14-24(20-26)27-18-9-10-19-28(27)31-29(21-35)32(23-12-5-3-6-13-23)34(33-31)25-15-7-4-8-16-25;/h3-20,35H,2,21-22H2,1H3;1H4. The van der Waals surface area contributed by atoms with E-state index in [0.29, 0.717) is 18.1 Å². The summed E-state index contributed by atoms with van der Waals surface area (Å²) >= 11 is 0. The average molecular weight is 521 g/mol. The number of hydrogen-bond acceptors (Lipinski definition) is 5. The van der Waals surface area contributed by atoms with Crippen LogP contribution in [-0.4, -0.2) is 34.1 Å². The molecule has 0 aliphatic rings. The molecule has 1 N–H and O–H groups in total. The van der Waals surface area contributed by atoms with Crippen molar-refractivity contribution < 1.29 is 19.4 Å². The fourth-order valence-corrected chi connectivity index (χ4v) is 4.50. The zero-order valence-electron chi connectivity index (χ0n) is 21.1. The third-order valence-corrected chi connectivity index (χ3v) is 6.18. The van der Waals surface area contributed by atoms with Crippen LogP contribution < -0.4 is 4.74 Å². The van der Waals surface area contributed by atoms with Crippen LogP contribution in [0.5, 0.6) is 5.75 Å². The van der Waals surface area contributed by atoms with E-state index in [4.69, 9.17) is 14.6 Å². The van der Waals surface area contributed by atoms with Gasteiger partial charge in [-0.1, -0.05) is 92.4 Å². The molecular formula is C33H32N2O4. The van der Waals surface area contributed by atoms with Gasteiger partial charge in [-0.05, 0) is 42.3 Å². The SMILES string of the molecule is C.CCOC(=O)COc1cccc(-c2ccccc2-c2nn(-c3ccccc3)c(-c3ccccc3)c2CO)c1. The summed E-state index contributed by atoms with van der Waals surface area (Å²) in [6.45, 7) is 1.74. The summed E-state index contributed by atoms with van der Waals surface area (Å²) in [7, 11) is 0. The van der Waals surface area contributed by atoms with E-state index in [1.165, 1.54) is 0 Å². The Labute approximate surface area is 229 Å². The third-order valence-electron chi connectivity index (χ3n) is 6.18. The summed E-state index contributed by atoms with van der Waals surface area (Å²) in [6.07, 6.45) is 0. The molecule has 0 bridgehead atoms. The first-order valence-corrected chi connectivity index (χ1v) is 12.5. The van der Waals surface area contributed by atoms with E-state index >= 15 is 0 Å². The van der Waals surface area contributed by atoms with Crippen LogP contribution in [0.2, 0.25) is 0 Å². The summed E-state index contributed by atoms with van der Waals surface area (Å²) < 4.78 is 12.5. The molecule has 0 amide bonds. The number of carbonyl (C=O) groups excluding carboxylic acids is 1. The van der Waals surface area contributed by atoms with Crippen LogP contribution in [0.25, 0.3) is 39.3 Å². The van der Waals surface area contributed by atoms with Crippen LogP contribution in [0.1, 0.15) is 19.9 Å². The molecule has 0 aliphatic carbocycles. The van der Waals surface area contributed by atoms with Gasteiger partial charge in [0, 0.05) is 16.7 Å². The number of para-hydroxylation sites is 1. The maximum Gasteiger partial charge on any atom is 0.344 e. The Morgan fingerprint density at radius 3 is 2.15 bits per heavy atom. The Kier molecular flexibility index (Phi) is 8.92. The quantitative estimate of drug-likeness (QED) is 0.213. The molecule has 1 aromatic heterocycles. The van der Waals surface area contributed by atoms with Gasteiger partial charge in [-0.25, -0.2) is 9.48 Å². The molecule has 0 atom stereocenters. The predicted molar refractivity (Wildman–Crippen MR) is 155 cm³/mol. The van der Waals surface area contributed by atoms with Gasteiger partial charge in [-0.2, -0.15) is 5.10 Å². The molecule has 198 valence electrons. The highest BCUT2D eigenvalue weighted by molar-refractivity contribution is 5.86. The highest BCUT2D eigenvalue weighted by Gasteiger charge is 2.23. The monoisotopic (exact) mass is 520 g/mol. The van der Waals surface area contributed by atoms with Crippen molar-refractivity contribution in [2.75, 3.05) is 13.2 Å². The first-order valence-electron chi connectivity index (χ1n) is 12.5. The maximum absolute atomic E-state index is 11.8. The highest BCUT2D eigenvalue weighted by Crippen LogP contribution is 2.39. The van der Waals surface area contributed by atoms with Crippen LogP contribution in [0.15, 0.2) is 109 Å². The lowest BCUT2D eigenvalue weighted by molar-refractivity contribution is -0.145. The molecule has 6 heteroatoms. The number of benzene rings is 4. The lowest BCUT2D eigenvalue weighted by Gasteiger charge is -2.12. The van der Waals surface area contributed by atoms with Gasteiger partial charge in [0.05, 0.1) is 30.3 Å². The number of rotatable bonds is 9. The molecule has 4 aromatic carbocycles. The van der Waals surface area contributed by atoms with Crippen LogP contribution in [0, 0.1) is 0 Å². The second kappa shape index (κ2) is 12.7. The molecule has 0 radical (unpaired) electrons. The fourth-order valence-electron chi connectivity index (χ4n) is 4.50. The van der Waals surface area contributed by atoms with Crippen molar-refractivity contribution in [1.29, 1.82) is 0 Å². The molecule has 1 heterocycles. The molecule has 0 saturated carbocycles. The molecule has 6 nitrogen and oxygen atoms in total. The second-order valence-electron chi connectivity index (χ2n) is 8.61. The maximum atomic E-state index is 11.8. The average Bonchev–Trinajstić information content (AvgIpc) is 3.37. The molecule has 0 fully saturated rings. The molecule has 39 heavy (non-hydrogen) atoms. The summed E-state index contributed by atoms with van der Waals surface area (Å²) in [5, 5.41) is 15.7. The lowest BCUT2D eigenvalue weighted by atomic mass is 9.94. The van der Waals surface area contributed by atoms with E-state index < -0.39 is 5.97 Å². The van der Waals surface area contributed by atoms with Crippen LogP contribution in [-0.2, 0) is 16.1 Å². The van der Waals surface area contributed by atoms with E-state index in [2.05, 4.69) is 0 Å². The number of carbonyl (C=O) groups is 1. The smallest absolute Gasteiger partial charge is 0.344 e. The van der Waals surface area contributed by atoms with E-state index in [-0.39, 0.29) is 20.6 Å². The summed E-state index contributed by atoms with van der Waals surface area (Å²) in [6, 6.07) is 35.4. The number of aliphatic hydroxyl groups excluding tert-OH is 1. The summed E-state index contributed by atoms with van der Waals surface area (Å²) in [5.74, 6) is 0.151. The minimum atomic E-state index is -0.411. The minimum Gasteiger partial charge on any atom is -0.482 e. The Hall–Kier alpha value is -4.68. The lowest BCUT2D eigenvalue weighted by Crippen LogP contribution is -2.14. The van der Waals surface area contributed by atoms with Gasteiger partial charge in [0.15, 0.2) is 6.61 Å². The molecule has 0 spiro atoms. The van der Waals surface area contributed by atoms with Crippen molar-refractivity contribution in [2.24, 2.45) is 0 Å². The van der Waals surface area contributed by atoms with Crippen LogP contribution in [0.4, 0.5) is 0 Å². The number of ether oxygens (including phenoxy) is 2. The van der Waals surface area contributed by atoms with Crippen LogP contribution in [0.3, 0.4) is 0 Å². The number of hydrogen-bond donors (Lipinski definition) is 1. The number of aliphatic hydroxyl groups is 1. The van der Waals surface area contributed by atoms with Gasteiger partial charge in [0.2, 0.25) is 0 Å². The normalized spacial score (nSPS) is 10.5. The van der Waals surface area contributed by atoms with Crippen molar-refractivity contribution in [2.45, 2.75) is 21.0 Å². The first kappa shape index (κ1) is 27.4. The van der Waals surface area contributed by atoms with Gasteiger partial charge in [-0.3, -0.25) is 0 Å². The highest BCUT2D eigenvalue weighted by atomic mass is 16.6. The van der Waals surface area contributed by atoms with Crippen molar-refractivity contribution >= 4 is 5.97 Å². The largest absolute Gasteiger partial charge is 0.482 e. The van der Waals surface area contributed by atoms with Crippen LogP contribution >= 0.6 is 0 Å². The van der Waals surface area contributed by atoms with Crippen molar-refractivity contribution in [3.63, 3.8) is 0 Å². The van der Waals surface area contributed by atoms with Gasteiger partial charge >= 0.3 is 5.97 Å². The van der Waals surface area contributed by atoms with Crippen molar-refractivity contribution in [3.8, 4) is 45.1 Å². The minimum absolute atomic E-state index is 0. The van der Waals surface area contributed by atoms with E-state index in [1.54, 1.807) is 6.92 Å². The van der Waals surface area contributed by atoms with Gasteiger partial charge in [0.1, 0.15) is 5.75 Å². The second-order valence-corrected chi connectivity index (χ2v) is 8.61. The molecule has 0 saturated heterocycles. The number of aromatic nitrogens is 2. The van der Waals surface area contributed by atoms with E-state index in [1.807, 2.05) is 114 Å². The van der Waals surface area contributed by atoms with E-state index in [9.17, 15) is 9.90 Å². The van der Waals surface area contributed by atoms with Crippen molar-refractivity contribution in [1.82, 2.24) is 9.78 Å². The molecule has 0 unspecified atom stereocenters. The Morgan fingerprint density at radius 1 is 0.821 bits per heavy atom. The zero-order valence-corrected chi connectivity index (χ0v) is 21.1. The van der Waals surface area contributed by atoms with E-state index in [0.717, 1.165) is 39.2 Å². The summed E-state index contributed by atoms with van der Waals surface area (Å²) in [4.78, 5) is 11.8. The Morgan fingerprint density at radius 2 is 1.46 bits per heavy atom. The first-order chi connectivity index (χ1) is 18.7. The number of nitrogens with zero attached hydrogens (tertiary/aromatic N) is 2. The summed E-state index contributed by atoms with van der Waals surface area (Å²) in [5.41, 5.74) is 6.86. The van der Waals surface area contributed by atoms with Gasteiger partial charge in [0.25, 0.3) is 0 Å². The Balaban J connectivity index is 0.00000353. The van der Waals surface area contributed by atoms with Gasteiger partial charge in [-0.15, -0.1) is 0 Å². The molecule has 5 rings (SSSR count). The topological polar surface area (TPSA) is 73.6 Å². The fraction of sp³-hybridized carbons (Fsp3) is 0.152. The predicted octanol–water partition coefficient (Wildman–Crippen LogP) is 6.94. The number of esters is 1. The third kappa shape index (κ3) is 5.92. The Bertz CT molecular complexity index is 1530. The molecule has 0 aliphatic heterocycles. The molecular weight excluding hydrogens is 488 g/mol.